The second-order valence-electron chi connectivity index (χ2n) is 7.58. The number of hydrogen-bond acceptors (Lipinski definition) is 3. The molecule has 0 amide bonds. The topological polar surface area (TPSA) is 63.4 Å². The smallest absolute Gasteiger partial charge is 0.243 e. The SMILES string of the molecule is Cc1ccc(S(=O)(=O)N2C(CCCCCN)CCC2c2ccc(F)cc2)cc1. The van der Waals surface area contributed by atoms with Crippen LogP contribution in [0.4, 0.5) is 4.39 Å². The predicted octanol–water partition coefficient (Wildman–Crippen LogP) is 4.55. The van der Waals surface area contributed by atoms with Gasteiger partial charge in [0, 0.05) is 6.04 Å². The van der Waals surface area contributed by atoms with Crippen LogP contribution in [0.25, 0.3) is 0 Å². The molecule has 2 aromatic rings. The highest BCUT2D eigenvalue weighted by molar-refractivity contribution is 7.89. The zero-order chi connectivity index (χ0) is 20.1. The first-order valence-electron chi connectivity index (χ1n) is 9.99. The van der Waals surface area contributed by atoms with E-state index in [4.69, 9.17) is 5.73 Å². The maximum atomic E-state index is 13.5. The third kappa shape index (κ3) is 4.62. The Morgan fingerprint density at radius 1 is 1.00 bits per heavy atom. The molecule has 0 spiro atoms. The molecule has 0 saturated carbocycles. The Bertz CT molecular complexity index is 866. The highest BCUT2D eigenvalue weighted by atomic mass is 32.2. The van der Waals surface area contributed by atoms with Gasteiger partial charge in [0.25, 0.3) is 0 Å². The van der Waals surface area contributed by atoms with E-state index in [2.05, 4.69) is 0 Å². The monoisotopic (exact) mass is 404 g/mol. The second-order valence-corrected chi connectivity index (χ2v) is 9.43. The Morgan fingerprint density at radius 2 is 1.68 bits per heavy atom. The first-order chi connectivity index (χ1) is 13.4. The van der Waals surface area contributed by atoms with Gasteiger partial charge >= 0.3 is 0 Å². The fourth-order valence-electron chi connectivity index (χ4n) is 4.03. The van der Waals surface area contributed by atoms with E-state index < -0.39 is 10.0 Å². The van der Waals surface area contributed by atoms with Crippen LogP contribution in [0.5, 0.6) is 0 Å². The van der Waals surface area contributed by atoms with Gasteiger partial charge in [-0.3, -0.25) is 0 Å². The molecule has 1 aliphatic rings. The zero-order valence-corrected chi connectivity index (χ0v) is 17.2. The minimum Gasteiger partial charge on any atom is -0.330 e. The van der Waals surface area contributed by atoms with E-state index in [-0.39, 0.29) is 17.9 Å². The van der Waals surface area contributed by atoms with Crippen LogP contribution in [0.1, 0.15) is 55.7 Å². The number of nitrogens with two attached hydrogens (primary N) is 1. The van der Waals surface area contributed by atoms with Crippen molar-refractivity contribution in [1.82, 2.24) is 4.31 Å². The van der Waals surface area contributed by atoms with Crippen molar-refractivity contribution in [2.45, 2.75) is 62.4 Å². The molecule has 1 fully saturated rings. The van der Waals surface area contributed by atoms with E-state index in [9.17, 15) is 12.8 Å². The molecule has 6 heteroatoms. The van der Waals surface area contributed by atoms with Gasteiger partial charge in [0.1, 0.15) is 5.82 Å². The average Bonchev–Trinajstić information content (AvgIpc) is 3.11. The molecule has 28 heavy (non-hydrogen) atoms. The molecule has 2 unspecified atom stereocenters. The quantitative estimate of drug-likeness (QED) is 0.657. The van der Waals surface area contributed by atoms with Gasteiger partial charge < -0.3 is 5.73 Å². The largest absolute Gasteiger partial charge is 0.330 e. The van der Waals surface area contributed by atoms with Gasteiger partial charge in [0.15, 0.2) is 0 Å². The number of hydrogen-bond donors (Lipinski definition) is 1. The highest BCUT2D eigenvalue weighted by Crippen LogP contribution is 2.42. The first kappa shape index (κ1) is 21.0. The van der Waals surface area contributed by atoms with Crippen molar-refractivity contribution < 1.29 is 12.8 Å². The summed E-state index contributed by atoms with van der Waals surface area (Å²) in [5.41, 5.74) is 7.45. The average molecular weight is 405 g/mol. The zero-order valence-electron chi connectivity index (χ0n) is 16.4. The Balaban J connectivity index is 1.92. The number of sulfonamides is 1. The summed E-state index contributed by atoms with van der Waals surface area (Å²) in [6.45, 7) is 2.60. The fraction of sp³-hybridized carbons (Fsp3) is 0.455. The number of rotatable bonds is 8. The lowest BCUT2D eigenvalue weighted by atomic mass is 10.0. The Hall–Kier alpha value is -1.76. The summed E-state index contributed by atoms with van der Waals surface area (Å²) in [6.07, 6.45) is 5.31. The summed E-state index contributed by atoms with van der Waals surface area (Å²) in [5.74, 6) is -0.312. The number of benzene rings is 2. The molecule has 3 rings (SSSR count). The molecular weight excluding hydrogens is 375 g/mol. The van der Waals surface area contributed by atoms with Crippen LogP contribution in [0.2, 0.25) is 0 Å². The normalized spacial score (nSPS) is 20.5. The molecular formula is C22H29FN2O2S. The van der Waals surface area contributed by atoms with Gasteiger partial charge in [-0.2, -0.15) is 4.31 Å². The van der Waals surface area contributed by atoms with Gasteiger partial charge in [-0.15, -0.1) is 0 Å². The molecule has 2 N–H and O–H groups in total. The van der Waals surface area contributed by atoms with Crippen molar-refractivity contribution in [3.63, 3.8) is 0 Å². The third-order valence-corrected chi connectivity index (χ3v) is 7.51. The van der Waals surface area contributed by atoms with Crippen LogP contribution in [-0.2, 0) is 10.0 Å². The van der Waals surface area contributed by atoms with E-state index in [0.29, 0.717) is 11.4 Å². The molecule has 0 bridgehead atoms. The van der Waals surface area contributed by atoms with Crippen LogP contribution in [0.15, 0.2) is 53.4 Å². The standard InChI is InChI=1S/C22H29FN2O2S/c1-17-6-13-21(14-7-17)28(26,27)25-20(5-3-2-4-16-24)12-15-22(25)18-8-10-19(23)11-9-18/h6-11,13-14,20,22H,2-5,12,15-16,24H2,1H3. The number of aryl methyl sites for hydroxylation is 1. The number of halogens is 1. The van der Waals surface area contributed by atoms with Crippen molar-refractivity contribution in [3.8, 4) is 0 Å². The van der Waals surface area contributed by atoms with Gasteiger partial charge in [-0.25, -0.2) is 12.8 Å². The summed E-state index contributed by atoms with van der Waals surface area (Å²) in [4.78, 5) is 0.319. The van der Waals surface area contributed by atoms with Crippen LogP contribution >= 0.6 is 0 Å². The fourth-order valence-corrected chi connectivity index (χ4v) is 5.92. The molecule has 0 radical (unpaired) electrons. The summed E-state index contributed by atoms with van der Waals surface area (Å²) >= 11 is 0. The van der Waals surface area contributed by atoms with Crippen molar-refractivity contribution in [3.05, 3.63) is 65.5 Å². The molecule has 2 aromatic carbocycles. The van der Waals surface area contributed by atoms with Crippen molar-refractivity contribution in [2.24, 2.45) is 5.73 Å². The maximum absolute atomic E-state index is 13.5. The lowest BCUT2D eigenvalue weighted by Crippen LogP contribution is -2.37. The van der Waals surface area contributed by atoms with E-state index in [1.165, 1.54) is 12.1 Å². The molecule has 1 heterocycles. The Morgan fingerprint density at radius 3 is 2.32 bits per heavy atom. The van der Waals surface area contributed by atoms with Gasteiger partial charge in [0.05, 0.1) is 10.9 Å². The van der Waals surface area contributed by atoms with Crippen LogP contribution in [0.3, 0.4) is 0 Å². The minimum atomic E-state index is -3.64. The molecule has 1 aliphatic heterocycles. The lowest BCUT2D eigenvalue weighted by Gasteiger charge is -2.30. The molecule has 4 nitrogen and oxygen atoms in total. The minimum absolute atomic E-state index is 0.0425. The van der Waals surface area contributed by atoms with Gasteiger partial charge in [0.2, 0.25) is 10.0 Å². The summed E-state index contributed by atoms with van der Waals surface area (Å²) < 4.78 is 42.1. The van der Waals surface area contributed by atoms with E-state index in [0.717, 1.165) is 49.7 Å². The van der Waals surface area contributed by atoms with Gasteiger partial charge in [-0.05, 0) is 69.0 Å². The van der Waals surface area contributed by atoms with E-state index in [1.807, 2.05) is 19.1 Å². The van der Waals surface area contributed by atoms with Gasteiger partial charge in [-0.1, -0.05) is 42.7 Å². The molecule has 152 valence electrons. The number of nitrogens with zero attached hydrogens (tertiary/aromatic N) is 1. The predicted molar refractivity (Wildman–Crippen MR) is 110 cm³/mol. The van der Waals surface area contributed by atoms with Crippen molar-refractivity contribution >= 4 is 10.0 Å². The van der Waals surface area contributed by atoms with Crippen molar-refractivity contribution in [1.29, 1.82) is 0 Å². The number of unbranched alkanes of at least 4 members (excludes halogenated alkanes) is 2. The maximum Gasteiger partial charge on any atom is 0.243 e. The Labute approximate surface area is 167 Å². The van der Waals surface area contributed by atoms with E-state index in [1.54, 1.807) is 28.6 Å². The van der Waals surface area contributed by atoms with Crippen molar-refractivity contribution in [2.75, 3.05) is 6.54 Å². The first-order valence-corrected chi connectivity index (χ1v) is 11.4. The highest BCUT2D eigenvalue weighted by Gasteiger charge is 2.42. The summed E-state index contributed by atoms with van der Waals surface area (Å²) in [7, 11) is -3.64. The Kier molecular flexibility index (Phi) is 6.86. The summed E-state index contributed by atoms with van der Waals surface area (Å²) in [5, 5.41) is 0. The van der Waals surface area contributed by atoms with Crippen LogP contribution in [0, 0.1) is 12.7 Å². The molecule has 0 aliphatic carbocycles. The van der Waals surface area contributed by atoms with Crippen LogP contribution < -0.4 is 5.73 Å². The third-order valence-electron chi connectivity index (χ3n) is 5.53. The molecule has 2 atom stereocenters. The molecule has 0 aromatic heterocycles. The summed E-state index contributed by atoms with van der Waals surface area (Å²) in [6, 6.07) is 12.9. The lowest BCUT2D eigenvalue weighted by molar-refractivity contribution is 0.307. The van der Waals surface area contributed by atoms with Crippen LogP contribution in [-0.4, -0.2) is 25.3 Å². The molecule has 1 saturated heterocycles. The second kappa shape index (κ2) is 9.16. The van der Waals surface area contributed by atoms with E-state index >= 15 is 0 Å².